The molecule has 1 amide bonds. The molecule has 1 saturated heterocycles. The summed E-state index contributed by atoms with van der Waals surface area (Å²) in [5.74, 6) is 2.18. The number of nitrogens with zero attached hydrogens (tertiary/aromatic N) is 1. The molecular formula is C19H22N2O2. The molecule has 1 N–H and O–H groups in total. The fraction of sp³-hybridized carbons (Fsp3) is 0.316. The van der Waals surface area contributed by atoms with E-state index in [1.165, 1.54) is 0 Å². The number of benzene rings is 2. The number of rotatable bonds is 4. The largest absolute Gasteiger partial charge is 0.457 e. The molecule has 3 rings (SSSR count). The van der Waals surface area contributed by atoms with E-state index in [1.807, 2.05) is 61.6 Å². The van der Waals surface area contributed by atoms with Gasteiger partial charge in [-0.05, 0) is 55.8 Å². The van der Waals surface area contributed by atoms with Gasteiger partial charge in [0.15, 0.2) is 0 Å². The predicted molar refractivity (Wildman–Crippen MR) is 91.8 cm³/mol. The van der Waals surface area contributed by atoms with E-state index in [9.17, 15) is 4.79 Å². The maximum Gasteiger partial charge on any atom is 0.241 e. The molecule has 2 atom stereocenters. The molecule has 4 nitrogen and oxygen atoms in total. The molecule has 2 aromatic rings. The molecule has 1 aliphatic rings. The van der Waals surface area contributed by atoms with Crippen LogP contribution in [0.25, 0.3) is 0 Å². The number of carbonyl (C=O) groups is 1. The lowest BCUT2D eigenvalue weighted by molar-refractivity contribution is -0.119. The van der Waals surface area contributed by atoms with Crippen molar-refractivity contribution in [1.82, 2.24) is 4.90 Å². The molecule has 1 fully saturated rings. The summed E-state index contributed by atoms with van der Waals surface area (Å²) in [6.45, 7) is 3.15. The van der Waals surface area contributed by atoms with Gasteiger partial charge in [0, 0.05) is 12.2 Å². The third-order valence-electron chi connectivity index (χ3n) is 4.16. The van der Waals surface area contributed by atoms with E-state index in [-0.39, 0.29) is 11.9 Å². The van der Waals surface area contributed by atoms with Gasteiger partial charge in [0.05, 0.1) is 6.04 Å². The van der Waals surface area contributed by atoms with Crippen LogP contribution in [0, 0.1) is 5.92 Å². The first-order valence-electron chi connectivity index (χ1n) is 7.96. The van der Waals surface area contributed by atoms with Gasteiger partial charge in [-0.15, -0.1) is 0 Å². The van der Waals surface area contributed by atoms with Gasteiger partial charge in [-0.25, -0.2) is 0 Å². The molecule has 0 aliphatic carbocycles. The SMILES string of the molecule is CC1CC(C(=O)Nc2ccc(Oc3ccccc3)cc2)N(C)C1. The second-order valence-electron chi connectivity index (χ2n) is 6.22. The first-order valence-corrected chi connectivity index (χ1v) is 7.96. The second kappa shape index (κ2) is 6.84. The highest BCUT2D eigenvalue weighted by Crippen LogP contribution is 2.24. The van der Waals surface area contributed by atoms with Crippen LogP contribution in [-0.2, 0) is 4.79 Å². The summed E-state index contributed by atoms with van der Waals surface area (Å²) in [6.07, 6.45) is 0.914. The Morgan fingerprint density at radius 3 is 2.35 bits per heavy atom. The molecule has 0 radical (unpaired) electrons. The molecule has 23 heavy (non-hydrogen) atoms. The van der Waals surface area contributed by atoms with Crippen molar-refractivity contribution in [2.45, 2.75) is 19.4 Å². The second-order valence-corrected chi connectivity index (χ2v) is 6.22. The van der Waals surface area contributed by atoms with Gasteiger partial charge in [0.1, 0.15) is 11.5 Å². The van der Waals surface area contributed by atoms with Gasteiger partial charge in [-0.3, -0.25) is 9.69 Å². The van der Waals surface area contributed by atoms with Crippen LogP contribution in [0.1, 0.15) is 13.3 Å². The van der Waals surface area contributed by atoms with Gasteiger partial charge in [0.25, 0.3) is 0 Å². The summed E-state index contributed by atoms with van der Waals surface area (Å²) in [4.78, 5) is 14.5. The minimum atomic E-state index is -0.0368. The first kappa shape index (κ1) is 15.6. The van der Waals surface area contributed by atoms with E-state index in [2.05, 4.69) is 17.1 Å². The standard InChI is InChI=1S/C19H22N2O2/c1-14-12-18(21(2)13-14)19(22)20-15-8-10-17(11-9-15)23-16-6-4-3-5-7-16/h3-11,14,18H,12-13H2,1-2H3,(H,20,22). The zero-order valence-electron chi connectivity index (χ0n) is 13.5. The Hall–Kier alpha value is -2.33. The van der Waals surface area contributed by atoms with Crippen molar-refractivity contribution < 1.29 is 9.53 Å². The van der Waals surface area contributed by atoms with Crippen molar-refractivity contribution in [3.8, 4) is 11.5 Å². The average molecular weight is 310 g/mol. The van der Waals surface area contributed by atoms with E-state index < -0.39 is 0 Å². The topological polar surface area (TPSA) is 41.6 Å². The van der Waals surface area contributed by atoms with Crippen LogP contribution < -0.4 is 10.1 Å². The summed E-state index contributed by atoms with van der Waals surface area (Å²) in [7, 11) is 2.00. The molecule has 0 spiro atoms. The van der Waals surface area contributed by atoms with E-state index >= 15 is 0 Å². The molecule has 4 heteroatoms. The average Bonchev–Trinajstić information content (AvgIpc) is 2.89. The van der Waals surface area contributed by atoms with Crippen LogP contribution in [0.3, 0.4) is 0 Å². The van der Waals surface area contributed by atoms with Crippen LogP contribution in [0.2, 0.25) is 0 Å². The van der Waals surface area contributed by atoms with Crippen LogP contribution >= 0.6 is 0 Å². The highest BCUT2D eigenvalue weighted by Gasteiger charge is 2.32. The number of hydrogen-bond acceptors (Lipinski definition) is 3. The Balaban J connectivity index is 1.60. The van der Waals surface area contributed by atoms with Crippen LogP contribution in [0.5, 0.6) is 11.5 Å². The van der Waals surface area contributed by atoms with Gasteiger partial charge < -0.3 is 10.1 Å². The first-order chi connectivity index (χ1) is 11.1. The quantitative estimate of drug-likeness (QED) is 0.935. The van der Waals surface area contributed by atoms with Crippen molar-refractivity contribution in [2.75, 3.05) is 18.9 Å². The molecule has 2 aromatic carbocycles. The fourth-order valence-corrected chi connectivity index (χ4v) is 3.02. The summed E-state index contributed by atoms with van der Waals surface area (Å²) in [6, 6.07) is 17.1. The lowest BCUT2D eigenvalue weighted by atomic mass is 10.1. The van der Waals surface area contributed by atoms with Crippen LogP contribution in [0.4, 0.5) is 5.69 Å². The Morgan fingerprint density at radius 2 is 1.74 bits per heavy atom. The van der Waals surface area contributed by atoms with Crippen molar-refractivity contribution in [3.63, 3.8) is 0 Å². The summed E-state index contributed by atoms with van der Waals surface area (Å²) in [5, 5.41) is 2.99. The van der Waals surface area contributed by atoms with Crippen LogP contribution in [0.15, 0.2) is 54.6 Å². The minimum Gasteiger partial charge on any atom is -0.457 e. The van der Waals surface area contributed by atoms with E-state index in [0.29, 0.717) is 5.92 Å². The zero-order valence-corrected chi connectivity index (χ0v) is 13.5. The Bertz CT molecular complexity index is 655. The smallest absolute Gasteiger partial charge is 0.241 e. The maximum absolute atomic E-state index is 12.4. The van der Waals surface area contributed by atoms with Gasteiger partial charge in [-0.2, -0.15) is 0 Å². The number of ether oxygens (including phenoxy) is 1. The number of nitrogens with one attached hydrogen (secondary N) is 1. The molecule has 0 bridgehead atoms. The Labute approximate surface area is 137 Å². The number of likely N-dealkylation sites (N-methyl/N-ethyl adjacent to an activating group) is 1. The number of likely N-dealkylation sites (tertiary alicyclic amines) is 1. The lowest BCUT2D eigenvalue weighted by Crippen LogP contribution is -2.37. The van der Waals surface area contributed by atoms with Crippen molar-refractivity contribution in [1.29, 1.82) is 0 Å². The predicted octanol–water partition coefficient (Wildman–Crippen LogP) is 3.76. The van der Waals surface area contributed by atoms with Crippen LogP contribution in [-0.4, -0.2) is 30.4 Å². The molecule has 0 aromatic heterocycles. The fourth-order valence-electron chi connectivity index (χ4n) is 3.02. The zero-order chi connectivity index (χ0) is 16.2. The van der Waals surface area contributed by atoms with E-state index in [1.54, 1.807) is 0 Å². The van der Waals surface area contributed by atoms with E-state index in [0.717, 1.165) is 30.2 Å². The van der Waals surface area contributed by atoms with Gasteiger partial charge >= 0.3 is 0 Å². The molecule has 2 unspecified atom stereocenters. The molecular weight excluding hydrogens is 288 g/mol. The summed E-state index contributed by atoms with van der Waals surface area (Å²) < 4.78 is 5.75. The lowest BCUT2D eigenvalue weighted by Gasteiger charge is -2.18. The molecule has 1 heterocycles. The number of para-hydroxylation sites is 1. The summed E-state index contributed by atoms with van der Waals surface area (Å²) >= 11 is 0. The minimum absolute atomic E-state index is 0.0368. The third kappa shape index (κ3) is 3.90. The monoisotopic (exact) mass is 310 g/mol. The highest BCUT2D eigenvalue weighted by molar-refractivity contribution is 5.95. The van der Waals surface area contributed by atoms with Crippen molar-refractivity contribution >= 4 is 11.6 Å². The van der Waals surface area contributed by atoms with Crippen molar-refractivity contribution in [2.24, 2.45) is 5.92 Å². The molecule has 0 saturated carbocycles. The Morgan fingerprint density at radius 1 is 1.09 bits per heavy atom. The number of anilines is 1. The number of hydrogen-bond donors (Lipinski definition) is 1. The number of amides is 1. The highest BCUT2D eigenvalue weighted by atomic mass is 16.5. The normalized spacial score (nSPS) is 21.1. The molecule has 120 valence electrons. The summed E-state index contributed by atoms with van der Waals surface area (Å²) in [5.41, 5.74) is 0.795. The molecule has 1 aliphatic heterocycles. The van der Waals surface area contributed by atoms with Crippen molar-refractivity contribution in [3.05, 3.63) is 54.6 Å². The van der Waals surface area contributed by atoms with E-state index in [4.69, 9.17) is 4.74 Å². The Kier molecular flexibility index (Phi) is 4.63. The maximum atomic E-state index is 12.4. The van der Waals surface area contributed by atoms with Gasteiger partial charge in [0.2, 0.25) is 5.91 Å². The number of carbonyl (C=O) groups excluding carboxylic acids is 1. The third-order valence-corrected chi connectivity index (χ3v) is 4.16. The van der Waals surface area contributed by atoms with Gasteiger partial charge in [-0.1, -0.05) is 25.1 Å².